The lowest BCUT2D eigenvalue weighted by molar-refractivity contribution is -0.109. The molecule has 1 heterocycles. The van der Waals surface area contributed by atoms with Crippen LogP contribution in [-0.2, 0) is 11.2 Å². The fourth-order valence-electron chi connectivity index (χ4n) is 1.78. The summed E-state index contributed by atoms with van der Waals surface area (Å²) < 4.78 is 0. The predicted molar refractivity (Wildman–Crippen MR) is 68.2 cm³/mol. The molecule has 0 amide bonds. The van der Waals surface area contributed by atoms with Crippen LogP contribution in [0.25, 0.3) is 0 Å². The fourth-order valence-corrected chi connectivity index (χ4v) is 2.06. The average Bonchev–Trinajstić information content (AvgIpc) is 2.38. The number of hydrogen-bond donors (Lipinski definition) is 0. The molecule has 0 aliphatic rings. The van der Waals surface area contributed by atoms with Crippen molar-refractivity contribution in [2.75, 3.05) is 0 Å². The van der Waals surface area contributed by atoms with Crippen LogP contribution in [0, 0.1) is 0 Å². The average molecular weight is 246 g/mol. The summed E-state index contributed by atoms with van der Waals surface area (Å²) in [4.78, 5) is 15.2. The van der Waals surface area contributed by atoms with Crippen LogP contribution >= 0.6 is 11.6 Å². The first-order chi connectivity index (χ1) is 8.31. The Balaban J connectivity index is 2.24. The summed E-state index contributed by atoms with van der Waals surface area (Å²) in [6.45, 7) is 0. The molecule has 0 spiro atoms. The molecular formula is C14H12ClNO. The van der Waals surface area contributed by atoms with Gasteiger partial charge >= 0.3 is 0 Å². The summed E-state index contributed by atoms with van der Waals surface area (Å²) in [6, 6.07) is 11.3. The van der Waals surface area contributed by atoms with Gasteiger partial charge in [0.15, 0.2) is 0 Å². The number of benzene rings is 1. The Morgan fingerprint density at radius 2 is 2.06 bits per heavy atom. The van der Waals surface area contributed by atoms with Crippen molar-refractivity contribution < 1.29 is 4.79 Å². The van der Waals surface area contributed by atoms with E-state index in [0.29, 0.717) is 11.4 Å². The second-order valence-electron chi connectivity index (χ2n) is 3.83. The van der Waals surface area contributed by atoms with E-state index in [2.05, 4.69) is 4.98 Å². The summed E-state index contributed by atoms with van der Waals surface area (Å²) in [5.41, 5.74) is 1.90. The van der Waals surface area contributed by atoms with Crippen molar-refractivity contribution in [3.8, 4) is 0 Å². The van der Waals surface area contributed by atoms with Crippen molar-refractivity contribution >= 4 is 17.9 Å². The van der Waals surface area contributed by atoms with E-state index in [1.54, 1.807) is 18.5 Å². The van der Waals surface area contributed by atoms with Crippen LogP contribution in [0.1, 0.15) is 17.0 Å². The van der Waals surface area contributed by atoms with Crippen LogP contribution in [0.15, 0.2) is 48.8 Å². The van der Waals surface area contributed by atoms with Gasteiger partial charge in [-0.1, -0.05) is 35.9 Å². The maximum atomic E-state index is 11.2. The highest BCUT2D eigenvalue weighted by Gasteiger charge is 2.14. The Kier molecular flexibility index (Phi) is 3.89. The minimum absolute atomic E-state index is 0.215. The van der Waals surface area contributed by atoms with Crippen LogP contribution in [0.5, 0.6) is 0 Å². The van der Waals surface area contributed by atoms with Gasteiger partial charge in [0.2, 0.25) is 0 Å². The molecule has 1 unspecified atom stereocenters. The topological polar surface area (TPSA) is 30.0 Å². The standard InChI is InChI=1S/C14H12ClNO/c15-14-6-2-1-5-13(14)12(10-17)8-11-4-3-7-16-9-11/h1-7,9-10,12H,8H2. The summed E-state index contributed by atoms with van der Waals surface area (Å²) in [6.07, 6.45) is 5.05. The highest BCUT2D eigenvalue weighted by molar-refractivity contribution is 6.31. The molecular weight excluding hydrogens is 234 g/mol. The third-order valence-electron chi connectivity index (χ3n) is 2.65. The molecule has 2 aromatic rings. The van der Waals surface area contributed by atoms with E-state index in [-0.39, 0.29) is 5.92 Å². The third-order valence-corrected chi connectivity index (χ3v) is 2.99. The van der Waals surface area contributed by atoms with E-state index >= 15 is 0 Å². The number of nitrogens with zero attached hydrogens (tertiary/aromatic N) is 1. The molecule has 0 bridgehead atoms. The minimum atomic E-state index is -0.215. The maximum Gasteiger partial charge on any atom is 0.127 e. The van der Waals surface area contributed by atoms with Crippen LogP contribution in [-0.4, -0.2) is 11.3 Å². The normalized spacial score (nSPS) is 12.1. The zero-order valence-corrected chi connectivity index (χ0v) is 9.97. The van der Waals surface area contributed by atoms with Crippen LogP contribution in [0.3, 0.4) is 0 Å². The van der Waals surface area contributed by atoms with Gasteiger partial charge in [-0.25, -0.2) is 0 Å². The lowest BCUT2D eigenvalue weighted by atomic mass is 9.94. The van der Waals surface area contributed by atoms with E-state index in [4.69, 9.17) is 11.6 Å². The van der Waals surface area contributed by atoms with Crippen LogP contribution < -0.4 is 0 Å². The maximum absolute atomic E-state index is 11.2. The van der Waals surface area contributed by atoms with Crippen molar-refractivity contribution in [2.24, 2.45) is 0 Å². The Morgan fingerprint density at radius 1 is 1.24 bits per heavy atom. The van der Waals surface area contributed by atoms with Gasteiger partial charge in [-0.2, -0.15) is 0 Å². The van der Waals surface area contributed by atoms with Crippen molar-refractivity contribution in [1.29, 1.82) is 0 Å². The third kappa shape index (κ3) is 2.92. The molecule has 0 aliphatic heterocycles. The number of aromatic nitrogens is 1. The highest BCUT2D eigenvalue weighted by atomic mass is 35.5. The summed E-state index contributed by atoms with van der Waals surface area (Å²) in [5.74, 6) is -0.215. The summed E-state index contributed by atoms with van der Waals surface area (Å²) >= 11 is 6.09. The second kappa shape index (κ2) is 5.60. The number of aldehydes is 1. The van der Waals surface area contributed by atoms with E-state index in [1.807, 2.05) is 30.3 Å². The first-order valence-corrected chi connectivity index (χ1v) is 5.77. The monoisotopic (exact) mass is 245 g/mol. The largest absolute Gasteiger partial charge is 0.303 e. The SMILES string of the molecule is O=CC(Cc1cccnc1)c1ccccc1Cl. The summed E-state index contributed by atoms with van der Waals surface area (Å²) in [7, 11) is 0. The molecule has 0 radical (unpaired) electrons. The minimum Gasteiger partial charge on any atom is -0.303 e. The van der Waals surface area contributed by atoms with Gasteiger partial charge in [0.25, 0.3) is 0 Å². The first kappa shape index (κ1) is 11.8. The van der Waals surface area contributed by atoms with Crippen molar-refractivity contribution in [3.63, 3.8) is 0 Å². The molecule has 86 valence electrons. The van der Waals surface area contributed by atoms with Gasteiger partial charge in [0, 0.05) is 23.3 Å². The number of halogens is 1. The van der Waals surface area contributed by atoms with Gasteiger partial charge in [-0.05, 0) is 29.7 Å². The number of carbonyl (C=O) groups is 1. The Morgan fingerprint density at radius 3 is 2.71 bits per heavy atom. The van der Waals surface area contributed by atoms with Crippen LogP contribution in [0.2, 0.25) is 5.02 Å². The molecule has 3 heteroatoms. The van der Waals surface area contributed by atoms with Gasteiger partial charge in [0.1, 0.15) is 6.29 Å². The smallest absolute Gasteiger partial charge is 0.127 e. The molecule has 0 N–H and O–H groups in total. The van der Waals surface area contributed by atoms with E-state index in [0.717, 1.165) is 17.4 Å². The van der Waals surface area contributed by atoms with Gasteiger partial charge in [0.05, 0.1) is 0 Å². The lowest BCUT2D eigenvalue weighted by Crippen LogP contribution is -2.05. The first-order valence-electron chi connectivity index (χ1n) is 5.40. The predicted octanol–water partition coefficient (Wildman–Crippen LogP) is 3.26. The summed E-state index contributed by atoms with van der Waals surface area (Å²) in [5, 5.41) is 0.633. The molecule has 0 saturated heterocycles. The van der Waals surface area contributed by atoms with Crippen molar-refractivity contribution in [3.05, 3.63) is 64.9 Å². The second-order valence-corrected chi connectivity index (χ2v) is 4.24. The Bertz CT molecular complexity index is 499. The molecule has 1 atom stereocenters. The molecule has 1 aromatic heterocycles. The molecule has 17 heavy (non-hydrogen) atoms. The van der Waals surface area contributed by atoms with E-state index in [9.17, 15) is 4.79 Å². The van der Waals surface area contributed by atoms with Gasteiger partial charge < -0.3 is 4.79 Å². The zero-order valence-electron chi connectivity index (χ0n) is 9.21. The van der Waals surface area contributed by atoms with E-state index < -0.39 is 0 Å². The van der Waals surface area contributed by atoms with Crippen LogP contribution in [0.4, 0.5) is 0 Å². The molecule has 1 aromatic carbocycles. The molecule has 0 aliphatic carbocycles. The quantitative estimate of drug-likeness (QED) is 0.774. The highest BCUT2D eigenvalue weighted by Crippen LogP contribution is 2.25. The number of pyridine rings is 1. The molecule has 0 saturated carbocycles. The number of rotatable bonds is 4. The van der Waals surface area contributed by atoms with Gasteiger partial charge in [-0.3, -0.25) is 4.98 Å². The molecule has 2 rings (SSSR count). The fraction of sp³-hybridized carbons (Fsp3) is 0.143. The number of carbonyl (C=O) groups excluding carboxylic acids is 1. The molecule has 0 fully saturated rings. The number of hydrogen-bond acceptors (Lipinski definition) is 2. The lowest BCUT2D eigenvalue weighted by Gasteiger charge is -2.12. The Hall–Kier alpha value is -1.67. The van der Waals surface area contributed by atoms with Crippen molar-refractivity contribution in [2.45, 2.75) is 12.3 Å². The van der Waals surface area contributed by atoms with E-state index in [1.165, 1.54) is 0 Å². The molecule has 2 nitrogen and oxygen atoms in total. The van der Waals surface area contributed by atoms with Crippen molar-refractivity contribution in [1.82, 2.24) is 4.98 Å². The zero-order chi connectivity index (χ0) is 12.1. The van der Waals surface area contributed by atoms with Gasteiger partial charge in [-0.15, -0.1) is 0 Å². The Labute approximate surface area is 105 Å².